The Morgan fingerprint density at radius 2 is 1.70 bits per heavy atom. The quantitative estimate of drug-likeness (QED) is 0.294. The summed E-state index contributed by atoms with van der Waals surface area (Å²) in [5.74, 6) is 0. The average Bonchev–Trinajstić information content (AvgIpc) is 2.55. The van der Waals surface area contributed by atoms with E-state index in [9.17, 15) is 27.0 Å². The maximum Gasteiger partial charge on any atom is 0.397 e. The second-order valence-electron chi connectivity index (χ2n) is 5.65. The minimum Gasteiger partial charge on any atom is -0.388 e. The molecule has 1 aliphatic heterocycles. The Hall–Kier alpha value is -1.20. The third kappa shape index (κ3) is 7.04. The minimum absolute atomic E-state index is 0.0804. The molecule has 0 unspecified atom stereocenters. The molecule has 1 fully saturated rings. The van der Waals surface area contributed by atoms with Gasteiger partial charge in [-0.15, -0.1) is 0 Å². The van der Waals surface area contributed by atoms with Gasteiger partial charge in [-0.25, -0.2) is 4.18 Å². The number of nitrogens with one attached hydrogen (secondary N) is 1. The van der Waals surface area contributed by atoms with Gasteiger partial charge in [0, 0.05) is 0 Å². The largest absolute Gasteiger partial charge is 0.397 e. The number of aliphatic hydroxyl groups excluding tert-OH is 2. The first kappa shape index (κ1) is 22.1. The lowest BCUT2D eigenvalue weighted by Gasteiger charge is -2.42. The number of hydrogen-bond donors (Lipinski definition) is 5. The van der Waals surface area contributed by atoms with Crippen molar-refractivity contribution in [3.63, 3.8) is 0 Å². The topological polar surface area (TPSA) is 189 Å². The monoisotopic (exact) mass is 429 g/mol. The van der Waals surface area contributed by atoms with Crippen LogP contribution in [-0.2, 0) is 41.0 Å². The van der Waals surface area contributed by atoms with Crippen LogP contribution < -0.4 is 4.72 Å². The van der Waals surface area contributed by atoms with Crippen LogP contribution in [0.2, 0.25) is 0 Å². The summed E-state index contributed by atoms with van der Waals surface area (Å²) >= 11 is 0. The smallest absolute Gasteiger partial charge is 0.388 e. The van der Waals surface area contributed by atoms with E-state index in [2.05, 4.69) is 4.18 Å². The molecule has 1 saturated heterocycles. The molecule has 0 spiro atoms. The van der Waals surface area contributed by atoms with Gasteiger partial charge in [-0.05, 0) is 5.56 Å². The molecule has 0 amide bonds. The molecule has 12 nitrogen and oxygen atoms in total. The lowest BCUT2D eigenvalue weighted by Crippen LogP contribution is -2.64. The Kier molecular flexibility index (Phi) is 7.26. The first-order chi connectivity index (χ1) is 12.5. The summed E-state index contributed by atoms with van der Waals surface area (Å²) in [4.78, 5) is 0. The van der Waals surface area contributed by atoms with Crippen LogP contribution >= 0.6 is 0 Å². The molecule has 5 atom stereocenters. The normalized spacial score (nSPS) is 29.6. The Labute approximate surface area is 155 Å². The van der Waals surface area contributed by atoms with Crippen LogP contribution in [0.5, 0.6) is 0 Å². The third-order valence-electron chi connectivity index (χ3n) is 3.64. The fraction of sp³-hybridized carbons (Fsp3) is 0.538. The van der Waals surface area contributed by atoms with Gasteiger partial charge in [0.1, 0.15) is 24.4 Å². The van der Waals surface area contributed by atoms with E-state index in [1.165, 1.54) is 0 Å². The van der Waals surface area contributed by atoms with Crippen molar-refractivity contribution in [2.75, 3.05) is 6.61 Å². The Morgan fingerprint density at radius 1 is 1.07 bits per heavy atom. The summed E-state index contributed by atoms with van der Waals surface area (Å²) in [7, 11) is -9.65. The van der Waals surface area contributed by atoms with Crippen molar-refractivity contribution in [2.45, 2.75) is 37.3 Å². The zero-order chi connectivity index (χ0) is 20.2. The van der Waals surface area contributed by atoms with Gasteiger partial charge in [0.05, 0.1) is 13.2 Å². The van der Waals surface area contributed by atoms with Gasteiger partial charge in [-0.1, -0.05) is 30.3 Å². The number of hydrogen-bond acceptors (Lipinski definition) is 9. The van der Waals surface area contributed by atoms with Gasteiger partial charge < -0.3 is 19.7 Å². The molecular formula is C13H19NO11S2. The highest BCUT2D eigenvalue weighted by Crippen LogP contribution is 2.24. The van der Waals surface area contributed by atoms with Gasteiger partial charge in [-0.2, -0.15) is 21.6 Å². The molecule has 2 rings (SSSR count). The lowest BCUT2D eigenvalue weighted by atomic mass is 9.97. The molecule has 154 valence electrons. The van der Waals surface area contributed by atoms with E-state index >= 15 is 0 Å². The van der Waals surface area contributed by atoms with Crippen molar-refractivity contribution in [1.29, 1.82) is 0 Å². The lowest BCUT2D eigenvalue weighted by molar-refractivity contribution is -0.261. The average molecular weight is 429 g/mol. The second kappa shape index (κ2) is 8.87. The van der Waals surface area contributed by atoms with Crippen molar-refractivity contribution < 1.29 is 49.8 Å². The van der Waals surface area contributed by atoms with E-state index in [1.54, 1.807) is 35.1 Å². The van der Waals surface area contributed by atoms with Crippen LogP contribution in [0.15, 0.2) is 30.3 Å². The van der Waals surface area contributed by atoms with Crippen molar-refractivity contribution in [3.05, 3.63) is 35.9 Å². The van der Waals surface area contributed by atoms with E-state index in [0.29, 0.717) is 5.56 Å². The summed E-state index contributed by atoms with van der Waals surface area (Å²) in [6.07, 6.45) is -6.49. The fourth-order valence-corrected chi connectivity index (χ4v) is 3.40. The summed E-state index contributed by atoms with van der Waals surface area (Å²) in [5.41, 5.74) is 0.671. The highest BCUT2D eigenvalue weighted by molar-refractivity contribution is 7.83. The highest BCUT2D eigenvalue weighted by atomic mass is 32.3. The predicted molar refractivity (Wildman–Crippen MR) is 87.9 cm³/mol. The van der Waals surface area contributed by atoms with Crippen LogP contribution in [-0.4, -0.2) is 73.4 Å². The molecule has 1 aromatic carbocycles. The van der Waals surface area contributed by atoms with Crippen LogP contribution in [0, 0.1) is 0 Å². The fourth-order valence-electron chi connectivity index (χ4n) is 2.49. The molecule has 1 heterocycles. The van der Waals surface area contributed by atoms with E-state index in [4.69, 9.17) is 18.6 Å². The van der Waals surface area contributed by atoms with Gasteiger partial charge in [0.25, 0.3) is 0 Å². The molecule has 1 aliphatic rings. The van der Waals surface area contributed by atoms with Gasteiger partial charge in [0.15, 0.2) is 6.29 Å². The van der Waals surface area contributed by atoms with Crippen molar-refractivity contribution in [2.24, 2.45) is 0 Å². The standard InChI is InChI=1S/C13H19NO11S2/c15-11-10(14-26(17,18)19)13(16)25-9(7-24-27(20,21)22)12(11)23-6-8-4-2-1-3-5-8/h1-5,9-16H,6-7H2,(H,17,18,19)(H,20,21,22)/t9-,10-,11-,12-,13+/m1/s1. The Bertz CT molecular complexity index is 812. The zero-order valence-electron chi connectivity index (χ0n) is 13.7. The molecule has 27 heavy (non-hydrogen) atoms. The van der Waals surface area contributed by atoms with Crippen molar-refractivity contribution in [3.8, 4) is 0 Å². The maximum atomic E-state index is 11.0. The van der Waals surface area contributed by atoms with E-state index in [-0.39, 0.29) is 6.61 Å². The second-order valence-corrected chi connectivity index (χ2v) is 7.92. The van der Waals surface area contributed by atoms with E-state index < -0.39 is 58.0 Å². The molecule has 14 heteroatoms. The Balaban J connectivity index is 2.18. The van der Waals surface area contributed by atoms with Gasteiger partial charge >= 0.3 is 20.7 Å². The van der Waals surface area contributed by atoms with E-state index in [0.717, 1.165) is 0 Å². The number of rotatable bonds is 8. The van der Waals surface area contributed by atoms with E-state index in [1.807, 2.05) is 0 Å². The minimum atomic E-state index is -4.84. The first-order valence-electron chi connectivity index (χ1n) is 7.50. The number of benzene rings is 1. The number of ether oxygens (including phenoxy) is 2. The maximum absolute atomic E-state index is 11.0. The number of aliphatic hydroxyl groups is 2. The predicted octanol–water partition coefficient (Wildman–Crippen LogP) is -1.77. The molecule has 5 N–H and O–H groups in total. The summed E-state index contributed by atoms with van der Waals surface area (Å²) < 4.78 is 77.4. The molecule has 0 radical (unpaired) electrons. The summed E-state index contributed by atoms with van der Waals surface area (Å²) in [6.45, 7) is -0.909. The SMILES string of the molecule is O=S(=O)(O)N[C@@H]1[C@@H](O)[C@H](OCc2ccccc2)[C@@H](COS(=O)(=O)O)O[C@@H]1O. The van der Waals surface area contributed by atoms with Crippen LogP contribution in [0.4, 0.5) is 0 Å². The first-order valence-corrected chi connectivity index (χ1v) is 10.3. The van der Waals surface area contributed by atoms with Crippen molar-refractivity contribution >= 4 is 20.7 Å². The van der Waals surface area contributed by atoms with Crippen LogP contribution in [0.1, 0.15) is 5.56 Å². The Morgan fingerprint density at radius 3 is 2.26 bits per heavy atom. The van der Waals surface area contributed by atoms with Gasteiger partial charge in [0.2, 0.25) is 0 Å². The zero-order valence-corrected chi connectivity index (χ0v) is 15.3. The molecular weight excluding hydrogens is 410 g/mol. The van der Waals surface area contributed by atoms with Crippen LogP contribution in [0.25, 0.3) is 0 Å². The third-order valence-corrected chi connectivity index (χ3v) is 4.65. The molecule has 1 aromatic rings. The summed E-state index contributed by atoms with van der Waals surface area (Å²) in [6, 6.07) is 6.89. The molecule has 0 aromatic heterocycles. The summed E-state index contributed by atoms with van der Waals surface area (Å²) in [5, 5.41) is 20.2. The molecule has 0 saturated carbocycles. The van der Waals surface area contributed by atoms with Gasteiger partial charge in [-0.3, -0.25) is 9.11 Å². The van der Waals surface area contributed by atoms with Crippen molar-refractivity contribution in [1.82, 2.24) is 4.72 Å². The highest BCUT2D eigenvalue weighted by Gasteiger charge is 2.47. The molecule has 0 bridgehead atoms. The van der Waals surface area contributed by atoms with Crippen LogP contribution in [0.3, 0.4) is 0 Å². The molecule has 0 aliphatic carbocycles.